The average molecular weight is 432 g/mol. The number of thiophene rings is 1. The van der Waals surface area contributed by atoms with E-state index in [0.717, 1.165) is 15.8 Å². The summed E-state index contributed by atoms with van der Waals surface area (Å²) in [5, 5.41) is 0.879. The molecule has 5 rings (SSSR count). The second-order valence-electron chi connectivity index (χ2n) is 6.99. The minimum absolute atomic E-state index is 0.215. The predicted octanol–water partition coefficient (Wildman–Crippen LogP) is 4.21. The number of hydrogen-bond donors (Lipinski definition) is 2. The first kappa shape index (κ1) is 18.4. The first-order valence-electron chi connectivity index (χ1n) is 8.89. The number of benzene rings is 1. The number of carbonyl (C=O) groups is 1. The lowest BCUT2D eigenvalue weighted by molar-refractivity contribution is 0.0333. The van der Waals surface area contributed by atoms with Crippen LogP contribution in [0.15, 0.2) is 35.1 Å². The quantitative estimate of drug-likeness (QED) is 0.499. The highest BCUT2D eigenvalue weighted by atomic mass is 35.5. The number of amides is 1. The van der Waals surface area contributed by atoms with Gasteiger partial charge in [-0.25, -0.2) is 4.39 Å². The SMILES string of the molecule is CN(C(=O)c1cc2sc(Cl)cc2[nH]1)[C@@H]1COCc2[nH]c(=O)c3cc(F)ccc3c21. The van der Waals surface area contributed by atoms with Gasteiger partial charge >= 0.3 is 0 Å². The van der Waals surface area contributed by atoms with Gasteiger partial charge in [0.05, 0.1) is 39.2 Å². The number of nitrogens with zero attached hydrogens (tertiary/aromatic N) is 1. The Bertz CT molecular complexity index is 1310. The number of fused-ring (bicyclic) bond motifs is 4. The van der Waals surface area contributed by atoms with Crippen LogP contribution in [0.5, 0.6) is 0 Å². The van der Waals surface area contributed by atoms with Gasteiger partial charge in [-0.05, 0) is 29.7 Å². The highest BCUT2D eigenvalue weighted by molar-refractivity contribution is 7.22. The van der Waals surface area contributed by atoms with E-state index in [1.54, 1.807) is 30.1 Å². The van der Waals surface area contributed by atoms with Crippen molar-refractivity contribution in [3.63, 3.8) is 0 Å². The molecule has 4 aromatic rings. The molecular weight excluding hydrogens is 417 g/mol. The smallest absolute Gasteiger partial charge is 0.270 e. The van der Waals surface area contributed by atoms with Crippen molar-refractivity contribution < 1.29 is 13.9 Å². The molecule has 9 heteroatoms. The minimum Gasteiger partial charge on any atom is -0.373 e. The largest absolute Gasteiger partial charge is 0.373 e. The summed E-state index contributed by atoms with van der Waals surface area (Å²) in [6.07, 6.45) is 0. The summed E-state index contributed by atoms with van der Waals surface area (Å²) in [5.74, 6) is -0.700. The van der Waals surface area contributed by atoms with E-state index in [1.807, 2.05) is 0 Å². The second kappa shape index (κ2) is 6.69. The van der Waals surface area contributed by atoms with Crippen LogP contribution in [0.3, 0.4) is 0 Å². The standard InChI is InChI=1S/C20H15ClFN3O3S/c1-25(20(27)13-5-16-12(23-13)6-17(21)29-16)15-8-28-7-14-18(15)10-3-2-9(22)4-11(10)19(26)24-14/h2-6,15,23H,7-8H2,1H3,(H,24,26)/t15-/m1/s1. The van der Waals surface area contributed by atoms with E-state index >= 15 is 0 Å². The molecule has 0 unspecified atom stereocenters. The molecule has 0 fully saturated rings. The minimum atomic E-state index is -0.485. The maximum atomic E-state index is 13.7. The molecule has 0 radical (unpaired) electrons. The van der Waals surface area contributed by atoms with E-state index in [9.17, 15) is 14.0 Å². The van der Waals surface area contributed by atoms with E-state index < -0.39 is 11.9 Å². The fraction of sp³-hybridized carbons (Fsp3) is 0.200. The van der Waals surface area contributed by atoms with Gasteiger partial charge in [-0.15, -0.1) is 11.3 Å². The topological polar surface area (TPSA) is 78.2 Å². The van der Waals surface area contributed by atoms with Gasteiger partial charge in [-0.1, -0.05) is 17.7 Å². The van der Waals surface area contributed by atoms with E-state index in [0.29, 0.717) is 21.1 Å². The van der Waals surface area contributed by atoms with Crippen LogP contribution < -0.4 is 5.56 Å². The normalized spacial score (nSPS) is 16.3. The molecule has 0 saturated carbocycles. The molecule has 1 amide bonds. The molecule has 0 saturated heterocycles. The van der Waals surface area contributed by atoms with Gasteiger partial charge in [-0.3, -0.25) is 9.59 Å². The average Bonchev–Trinajstić information content (AvgIpc) is 3.24. The third-order valence-corrected chi connectivity index (χ3v) is 6.47. The molecule has 4 heterocycles. The fourth-order valence-electron chi connectivity index (χ4n) is 3.87. The Hall–Kier alpha value is -2.68. The summed E-state index contributed by atoms with van der Waals surface area (Å²) in [6, 6.07) is 7.24. The van der Waals surface area contributed by atoms with Gasteiger partial charge in [0.2, 0.25) is 0 Å². The Balaban J connectivity index is 1.59. The lowest BCUT2D eigenvalue weighted by Gasteiger charge is -2.33. The number of pyridine rings is 1. The molecule has 1 aromatic carbocycles. The number of likely N-dealkylation sites (N-methyl/N-ethyl adjacent to an activating group) is 1. The van der Waals surface area contributed by atoms with Crippen molar-refractivity contribution in [3.05, 3.63) is 67.8 Å². The molecule has 29 heavy (non-hydrogen) atoms. The molecule has 1 aliphatic heterocycles. The number of nitrogens with one attached hydrogen (secondary N) is 2. The molecule has 1 atom stereocenters. The Kier molecular flexibility index (Phi) is 4.23. The predicted molar refractivity (Wildman–Crippen MR) is 110 cm³/mol. The molecule has 1 aliphatic rings. The van der Waals surface area contributed by atoms with Crippen molar-refractivity contribution in [1.82, 2.24) is 14.9 Å². The van der Waals surface area contributed by atoms with Crippen molar-refractivity contribution >= 4 is 49.8 Å². The Morgan fingerprint density at radius 2 is 2.10 bits per heavy atom. The number of aromatic nitrogens is 2. The Morgan fingerprint density at radius 1 is 1.28 bits per heavy atom. The summed E-state index contributed by atoms with van der Waals surface area (Å²) in [6.45, 7) is 0.502. The van der Waals surface area contributed by atoms with Gasteiger partial charge in [0.1, 0.15) is 11.5 Å². The summed E-state index contributed by atoms with van der Waals surface area (Å²) < 4.78 is 20.9. The first-order chi connectivity index (χ1) is 13.9. The highest BCUT2D eigenvalue weighted by Gasteiger charge is 2.31. The van der Waals surface area contributed by atoms with Gasteiger partial charge < -0.3 is 19.6 Å². The molecule has 148 valence electrons. The number of carbonyl (C=O) groups excluding carboxylic acids is 1. The van der Waals surface area contributed by atoms with Crippen molar-refractivity contribution in [2.24, 2.45) is 0 Å². The van der Waals surface area contributed by atoms with E-state index in [1.165, 1.54) is 23.5 Å². The van der Waals surface area contributed by atoms with Gasteiger partial charge in [0.15, 0.2) is 0 Å². The molecule has 0 aliphatic carbocycles. The lowest BCUT2D eigenvalue weighted by atomic mass is 9.95. The van der Waals surface area contributed by atoms with Crippen LogP contribution >= 0.6 is 22.9 Å². The molecule has 2 N–H and O–H groups in total. The van der Waals surface area contributed by atoms with E-state index in [-0.39, 0.29) is 30.1 Å². The third kappa shape index (κ3) is 2.95. The van der Waals surface area contributed by atoms with Gasteiger partial charge in [-0.2, -0.15) is 0 Å². The summed E-state index contributed by atoms with van der Waals surface area (Å²) in [7, 11) is 1.69. The van der Waals surface area contributed by atoms with Crippen LogP contribution in [-0.4, -0.2) is 34.4 Å². The van der Waals surface area contributed by atoms with Crippen molar-refractivity contribution in [3.8, 4) is 0 Å². The van der Waals surface area contributed by atoms with Crippen LogP contribution in [0.2, 0.25) is 4.34 Å². The van der Waals surface area contributed by atoms with Crippen LogP contribution in [0.4, 0.5) is 4.39 Å². The van der Waals surface area contributed by atoms with Crippen LogP contribution in [0, 0.1) is 5.82 Å². The van der Waals surface area contributed by atoms with Crippen LogP contribution in [0.1, 0.15) is 27.8 Å². The highest BCUT2D eigenvalue weighted by Crippen LogP contribution is 2.35. The van der Waals surface area contributed by atoms with E-state index in [4.69, 9.17) is 16.3 Å². The lowest BCUT2D eigenvalue weighted by Crippen LogP contribution is -2.37. The summed E-state index contributed by atoms with van der Waals surface area (Å²) in [5.41, 5.74) is 2.25. The Labute approximate surface area is 172 Å². The van der Waals surface area contributed by atoms with Gasteiger partial charge in [0, 0.05) is 18.3 Å². The molecule has 0 bridgehead atoms. The number of ether oxygens (including phenoxy) is 1. The molecule has 3 aromatic heterocycles. The first-order valence-corrected chi connectivity index (χ1v) is 10.1. The Morgan fingerprint density at radius 3 is 2.90 bits per heavy atom. The number of H-pyrrole nitrogens is 2. The summed E-state index contributed by atoms with van der Waals surface area (Å²) >= 11 is 7.40. The van der Waals surface area contributed by atoms with Crippen molar-refractivity contribution in [2.75, 3.05) is 13.7 Å². The summed E-state index contributed by atoms with van der Waals surface area (Å²) in [4.78, 5) is 33.0. The number of aromatic amines is 2. The number of hydrogen-bond acceptors (Lipinski definition) is 4. The van der Waals surface area contributed by atoms with Crippen LogP contribution in [-0.2, 0) is 11.3 Å². The molecule has 0 spiro atoms. The number of rotatable bonds is 2. The van der Waals surface area contributed by atoms with E-state index in [2.05, 4.69) is 9.97 Å². The molecular formula is C20H15ClFN3O3S. The number of halogens is 2. The van der Waals surface area contributed by atoms with Gasteiger partial charge in [0.25, 0.3) is 11.5 Å². The zero-order valence-corrected chi connectivity index (χ0v) is 16.8. The zero-order valence-electron chi connectivity index (χ0n) is 15.2. The second-order valence-corrected chi connectivity index (χ2v) is 8.71. The molecule has 6 nitrogen and oxygen atoms in total. The van der Waals surface area contributed by atoms with Crippen LogP contribution in [0.25, 0.3) is 21.0 Å². The third-order valence-electron chi connectivity index (χ3n) is 5.26. The fourth-order valence-corrected chi connectivity index (χ4v) is 5.01. The van der Waals surface area contributed by atoms with Crippen molar-refractivity contribution in [1.29, 1.82) is 0 Å². The van der Waals surface area contributed by atoms with Crippen molar-refractivity contribution in [2.45, 2.75) is 12.6 Å². The monoisotopic (exact) mass is 431 g/mol. The zero-order chi connectivity index (χ0) is 20.3. The maximum absolute atomic E-state index is 13.7. The maximum Gasteiger partial charge on any atom is 0.270 e.